The summed E-state index contributed by atoms with van der Waals surface area (Å²) in [5.74, 6) is 1.44. The standard InChI is InChI=1S/C15H29NO2/c1-6-7-12(2)10-13-8-9-16(11-13)14(17)18-15(3,4)5/h12-13H,6-11H2,1-5H3. The number of likely N-dealkylation sites (tertiary alicyclic amines) is 1. The normalized spacial score (nSPS) is 22.1. The van der Waals surface area contributed by atoms with Crippen LogP contribution in [-0.4, -0.2) is 29.7 Å². The first-order valence-electron chi connectivity index (χ1n) is 7.29. The number of amides is 1. The molecule has 106 valence electrons. The van der Waals surface area contributed by atoms with Crippen LogP contribution in [0.2, 0.25) is 0 Å². The molecule has 1 aliphatic rings. The maximum absolute atomic E-state index is 11.9. The van der Waals surface area contributed by atoms with E-state index in [2.05, 4.69) is 13.8 Å². The number of carbonyl (C=O) groups is 1. The Morgan fingerprint density at radius 1 is 1.44 bits per heavy atom. The van der Waals surface area contributed by atoms with Crippen molar-refractivity contribution >= 4 is 6.09 Å². The quantitative estimate of drug-likeness (QED) is 0.758. The Kier molecular flexibility index (Phi) is 5.48. The zero-order valence-electron chi connectivity index (χ0n) is 12.7. The van der Waals surface area contributed by atoms with E-state index in [9.17, 15) is 4.79 Å². The smallest absolute Gasteiger partial charge is 0.410 e. The minimum atomic E-state index is -0.384. The molecule has 0 aromatic carbocycles. The molecule has 1 rings (SSSR count). The van der Waals surface area contributed by atoms with Gasteiger partial charge in [0.15, 0.2) is 0 Å². The Morgan fingerprint density at radius 3 is 2.67 bits per heavy atom. The van der Waals surface area contributed by atoms with Crippen LogP contribution < -0.4 is 0 Å². The second-order valence-corrected chi connectivity index (χ2v) is 6.71. The highest BCUT2D eigenvalue weighted by Gasteiger charge is 2.30. The van der Waals surface area contributed by atoms with E-state index in [0.29, 0.717) is 5.92 Å². The van der Waals surface area contributed by atoms with Crippen molar-refractivity contribution in [2.45, 2.75) is 65.9 Å². The van der Waals surface area contributed by atoms with Crippen LogP contribution >= 0.6 is 0 Å². The molecule has 2 unspecified atom stereocenters. The summed E-state index contributed by atoms with van der Waals surface area (Å²) in [6, 6.07) is 0. The van der Waals surface area contributed by atoms with Gasteiger partial charge in [-0.2, -0.15) is 0 Å². The monoisotopic (exact) mass is 255 g/mol. The highest BCUT2D eigenvalue weighted by molar-refractivity contribution is 5.68. The molecular formula is C15H29NO2. The van der Waals surface area contributed by atoms with Crippen LogP contribution in [0.1, 0.15) is 60.3 Å². The van der Waals surface area contributed by atoms with Gasteiger partial charge in [0.25, 0.3) is 0 Å². The molecule has 0 aliphatic carbocycles. The average molecular weight is 255 g/mol. The summed E-state index contributed by atoms with van der Waals surface area (Å²) >= 11 is 0. The van der Waals surface area contributed by atoms with E-state index in [1.807, 2.05) is 25.7 Å². The molecule has 1 aliphatic heterocycles. The Morgan fingerprint density at radius 2 is 2.11 bits per heavy atom. The number of rotatable bonds is 4. The zero-order valence-corrected chi connectivity index (χ0v) is 12.7. The minimum absolute atomic E-state index is 0.145. The van der Waals surface area contributed by atoms with Gasteiger partial charge in [0.2, 0.25) is 0 Å². The maximum Gasteiger partial charge on any atom is 0.410 e. The molecule has 0 N–H and O–H groups in total. The SMILES string of the molecule is CCCC(C)CC1CCN(C(=O)OC(C)(C)C)C1. The van der Waals surface area contributed by atoms with Crippen LogP contribution in [0.15, 0.2) is 0 Å². The molecule has 0 spiro atoms. The van der Waals surface area contributed by atoms with Gasteiger partial charge in [0.05, 0.1) is 0 Å². The molecule has 1 saturated heterocycles. The zero-order chi connectivity index (χ0) is 13.8. The number of ether oxygens (including phenoxy) is 1. The lowest BCUT2D eigenvalue weighted by Gasteiger charge is -2.24. The van der Waals surface area contributed by atoms with Crippen LogP contribution in [0.4, 0.5) is 4.79 Å². The third kappa shape index (κ3) is 5.28. The molecule has 1 fully saturated rings. The highest BCUT2D eigenvalue weighted by atomic mass is 16.6. The van der Waals surface area contributed by atoms with Crippen LogP contribution in [0.5, 0.6) is 0 Å². The fourth-order valence-electron chi connectivity index (χ4n) is 2.70. The lowest BCUT2D eigenvalue weighted by Crippen LogP contribution is -2.35. The van der Waals surface area contributed by atoms with Gasteiger partial charge in [0, 0.05) is 13.1 Å². The Bertz CT molecular complexity index is 270. The summed E-state index contributed by atoms with van der Waals surface area (Å²) in [5.41, 5.74) is -0.384. The van der Waals surface area contributed by atoms with Gasteiger partial charge in [-0.3, -0.25) is 0 Å². The largest absolute Gasteiger partial charge is 0.444 e. The minimum Gasteiger partial charge on any atom is -0.444 e. The maximum atomic E-state index is 11.9. The van der Waals surface area contributed by atoms with Crippen molar-refractivity contribution in [2.24, 2.45) is 11.8 Å². The second-order valence-electron chi connectivity index (χ2n) is 6.71. The predicted octanol–water partition coefficient (Wildman–Crippen LogP) is 4.07. The molecule has 18 heavy (non-hydrogen) atoms. The van der Waals surface area contributed by atoms with Gasteiger partial charge >= 0.3 is 6.09 Å². The molecule has 3 nitrogen and oxygen atoms in total. The van der Waals surface area contributed by atoms with E-state index in [4.69, 9.17) is 4.74 Å². The third-order valence-electron chi connectivity index (χ3n) is 3.45. The van der Waals surface area contributed by atoms with Crippen molar-refractivity contribution in [1.82, 2.24) is 4.90 Å². The summed E-state index contributed by atoms with van der Waals surface area (Å²) in [7, 11) is 0. The molecular weight excluding hydrogens is 226 g/mol. The van der Waals surface area contributed by atoms with Crippen molar-refractivity contribution in [1.29, 1.82) is 0 Å². The summed E-state index contributed by atoms with van der Waals surface area (Å²) in [6.45, 7) is 12.0. The van der Waals surface area contributed by atoms with Gasteiger partial charge < -0.3 is 9.64 Å². The third-order valence-corrected chi connectivity index (χ3v) is 3.45. The summed E-state index contributed by atoms with van der Waals surface area (Å²) in [4.78, 5) is 13.8. The van der Waals surface area contributed by atoms with Gasteiger partial charge in [-0.15, -0.1) is 0 Å². The number of hydrogen-bond donors (Lipinski definition) is 0. The van der Waals surface area contributed by atoms with E-state index >= 15 is 0 Å². The van der Waals surface area contributed by atoms with Gasteiger partial charge in [-0.05, 0) is 45.4 Å². The Hall–Kier alpha value is -0.730. The number of carbonyl (C=O) groups excluding carboxylic acids is 1. The van der Waals surface area contributed by atoms with Crippen LogP contribution in [-0.2, 0) is 4.74 Å². The van der Waals surface area contributed by atoms with Crippen molar-refractivity contribution in [3.63, 3.8) is 0 Å². The van der Waals surface area contributed by atoms with E-state index in [1.54, 1.807) is 0 Å². The summed E-state index contributed by atoms with van der Waals surface area (Å²) < 4.78 is 5.41. The van der Waals surface area contributed by atoms with E-state index in [1.165, 1.54) is 19.3 Å². The molecule has 0 aromatic heterocycles. The van der Waals surface area contributed by atoms with E-state index in [-0.39, 0.29) is 11.7 Å². The number of nitrogens with zero attached hydrogens (tertiary/aromatic N) is 1. The fourth-order valence-corrected chi connectivity index (χ4v) is 2.70. The highest BCUT2D eigenvalue weighted by Crippen LogP contribution is 2.26. The molecule has 2 atom stereocenters. The molecule has 1 heterocycles. The van der Waals surface area contributed by atoms with Gasteiger partial charge in [-0.1, -0.05) is 26.7 Å². The van der Waals surface area contributed by atoms with Crippen molar-refractivity contribution in [3.05, 3.63) is 0 Å². The van der Waals surface area contributed by atoms with Crippen molar-refractivity contribution in [3.8, 4) is 0 Å². The molecule has 0 saturated carbocycles. The Balaban J connectivity index is 2.34. The number of hydrogen-bond acceptors (Lipinski definition) is 2. The lowest BCUT2D eigenvalue weighted by atomic mass is 9.92. The Labute approximate surface area is 112 Å². The van der Waals surface area contributed by atoms with Crippen LogP contribution in [0.3, 0.4) is 0 Å². The van der Waals surface area contributed by atoms with E-state index < -0.39 is 0 Å². The topological polar surface area (TPSA) is 29.5 Å². The molecule has 0 bridgehead atoms. The predicted molar refractivity (Wildman–Crippen MR) is 74.6 cm³/mol. The average Bonchev–Trinajstić information content (AvgIpc) is 2.63. The molecule has 1 amide bonds. The fraction of sp³-hybridized carbons (Fsp3) is 0.933. The van der Waals surface area contributed by atoms with Crippen LogP contribution in [0, 0.1) is 11.8 Å². The van der Waals surface area contributed by atoms with Crippen molar-refractivity contribution in [2.75, 3.05) is 13.1 Å². The first kappa shape index (κ1) is 15.3. The molecule has 3 heteroatoms. The molecule has 0 aromatic rings. The van der Waals surface area contributed by atoms with E-state index in [0.717, 1.165) is 25.4 Å². The lowest BCUT2D eigenvalue weighted by molar-refractivity contribution is 0.0286. The summed E-state index contributed by atoms with van der Waals surface area (Å²) in [6.07, 6.45) is 4.78. The van der Waals surface area contributed by atoms with Gasteiger partial charge in [-0.25, -0.2) is 4.79 Å². The molecule has 0 radical (unpaired) electrons. The van der Waals surface area contributed by atoms with Gasteiger partial charge in [0.1, 0.15) is 5.60 Å². The second kappa shape index (κ2) is 6.44. The first-order chi connectivity index (χ1) is 8.31. The summed E-state index contributed by atoms with van der Waals surface area (Å²) in [5, 5.41) is 0. The first-order valence-corrected chi connectivity index (χ1v) is 7.29. The van der Waals surface area contributed by atoms with Crippen LogP contribution in [0.25, 0.3) is 0 Å². The van der Waals surface area contributed by atoms with Crippen molar-refractivity contribution < 1.29 is 9.53 Å².